The average molecular weight is 479 g/mol. The van der Waals surface area contributed by atoms with Crippen molar-refractivity contribution < 1.29 is 13.2 Å². The number of nitriles is 1. The summed E-state index contributed by atoms with van der Waals surface area (Å²) in [7, 11) is -2.21. The number of carbonyl (C=O) groups excluding carboxylic acids is 1. The van der Waals surface area contributed by atoms with Crippen molar-refractivity contribution in [3.8, 4) is 6.07 Å². The van der Waals surface area contributed by atoms with Crippen LogP contribution in [0.5, 0.6) is 0 Å². The lowest BCUT2D eigenvalue weighted by atomic mass is 9.96. The number of hydrogen-bond donors (Lipinski definition) is 1. The Kier molecular flexibility index (Phi) is 6.82. The van der Waals surface area contributed by atoms with Crippen molar-refractivity contribution >= 4 is 32.5 Å². The maximum absolute atomic E-state index is 13.4. The molecule has 0 aliphatic heterocycles. The molecule has 1 fully saturated rings. The molecule has 0 atom stereocenters. The molecule has 0 spiro atoms. The van der Waals surface area contributed by atoms with Crippen LogP contribution in [0.4, 0.5) is 5.69 Å². The van der Waals surface area contributed by atoms with Crippen LogP contribution in [0.25, 0.3) is 10.9 Å². The number of fused-ring (bicyclic) bond motifs is 1. The smallest absolute Gasteiger partial charge is 0.245 e. The van der Waals surface area contributed by atoms with Gasteiger partial charge in [-0.25, -0.2) is 8.42 Å². The lowest BCUT2D eigenvalue weighted by Crippen LogP contribution is -2.38. The second kappa shape index (κ2) is 9.79. The van der Waals surface area contributed by atoms with Gasteiger partial charge in [0.2, 0.25) is 21.4 Å². The zero-order chi connectivity index (χ0) is 24.3. The third-order valence-electron chi connectivity index (χ3n) is 6.33. The number of benzene rings is 2. The van der Waals surface area contributed by atoms with Crippen LogP contribution in [0.3, 0.4) is 0 Å². The average Bonchev–Trinajstić information content (AvgIpc) is 2.86. The molecular weight excluding hydrogens is 452 g/mol. The Morgan fingerprint density at radius 3 is 2.53 bits per heavy atom. The van der Waals surface area contributed by atoms with Gasteiger partial charge < -0.3 is 9.88 Å². The van der Waals surface area contributed by atoms with Crippen LogP contribution < -0.4 is 10.7 Å². The summed E-state index contributed by atoms with van der Waals surface area (Å²) in [5, 5.41) is 12.4. The number of amides is 1. The van der Waals surface area contributed by atoms with Gasteiger partial charge in [0.15, 0.2) is 0 Å². The van der Waals surface area contributed by atoms with E-state index < -0.39 is 21.4 Å². The highest BCUT2D eigenvalue weighted by molar-refractivity contribution is 7.89. The number of hydrogen-bond acceptors (Lipinski definition) is 5. The molecule has 34 heavy (non-hydrogen) atoms. The van der Waals surface area contributed by atoms with Crippen molar-refractivity contribution in [1.29, 1.82) is 5.26 Å². The van der Waals surface area contributed by atoms with E-state index >= 15 is 0 Å². The zero-order valence-electron chi connectivity index (χ0n) is 18.9. The number of pyridine rings is 1. The summed E-state index contributed by atoms with van der Waals surface area (Å²) < 4.78 is 29.7. The van der Waals surface area contributed by atoms with E-state index in [1.54, 1.807) is 49.5 Å². The predicted octanol–water partition coefficient (Wildman–Crippen LogP) is 3.47. The number of sulfonamides is 1. The van der Waals surface area contributed by atoms with Crippen molar-refractivity contribution in [2.75, 3.05) is 12.4 Å². The summed E-state index contributed by atoms with van der Waals surface area (Å²) in [6.45, 7) is -0.192. The monoisotopic (exact) mass is 478 g/mol. The van der Waals surface area contributed by atoms with Gasteiger partial charge in [-0.15, -0.1) is 0 Å². The first-order valence-electron chi connectivity index (χ1n) is 11.2. The molecule has 3 aromatic rings. The number of nitrogens with one attached hydrogen (secondary N) is 1. The molecule has 4 rings (SSSR count). The Labute approximate surface area is 198 Å². The molecule has 1 N–H and O–H groups in total. The SMILES string of the molecule is CN(C1CCCCC1)S(=O)(=O)c1ccccc1NC(=O)Cn1cc(C#N)c(=O)c2ccccc21. The molecule has 1 aliphatic carbocycles. The number of anilines is 1. The Balaban J connectivity index is 1.62. The standard InChI is InChI=1S/C25H26N4O4S/c1-28(19-9-3-2-4-10-19)34(32,33)23-14-8-6-12-21(23)27-24(30)17-29-16-18(15-26)25(31)20-11-5-7-13-22(20)29/h5-8,11-14,16,19H,2-4,9-10,17H2,1H3,(H,27,30). The van der Waals surface area contributed by atoms with Crippen molar-refractivity contribution in [2.45, 2.75) is 49.6 Å². The van der Waals surface area contributed by atoms with Gasteiger partial charge in [0.25, 0.3) is 0 Å². The van der Waals surface area contributed by atoms with Crippen LogP contribution >= 0.6 is 0 Å². The number of para-hydroxylation sites is 2. The highest BCUT2D eigenvalue weighted by Crippen LogP contribution is 2.29. The van der Waals surface area contributed by atoms with Crippen molar-refractivity contribution in [2.24, 2.45) is 0 Å². The fraction of sp³-hybridized carbons (Fsp3) is 0.320. The topological polar surface area (TPSA) is 112 Å². The van der Waals surface area contributed by atoms with Gasteiger partial charge in [-0.2, -0.15) is 9.57 Å². The molecular formula is C25H26N4O4S. The van der Waals surface area contributed by atoms with Crippen molar-refractivity contribution in [3.05, 3.63) is 70.5 Å². The van der Waals surface area contributed by atoms with Crippen molar-refractivity contribution in [1.82, 2.24) is 8.87 Å². The van der Waals surface area contributed by atoms with E-state index in [1.807, 2.05) is 6.07 Å². The van der Waals surface area contributed by atoms with E-state index in [4.69, 9.17) is 0 Å². The van der Waals surface area contributed by atoms with Gasteiger partial charge >= 0.3 is 0 Å². The number of nitrogens with zero attached hydrogens (tertiary/aromatic N) is 3. The van der Waals surface area contributed by atoms with Gasteiger partial charge in [-0.3, -0.25) is 9.59 Å². The molecule has 8 nitrogen and oxygen atoms in total. The van der Waals surface area contributed by atoms with E-state index in [-0.39, 0.29) is 28.7 Å². The van der Waals surface area contributed by atoms with Crippen molar-refractivity contribution in [3.63, 3.8) is 0 Å². The first-order valence-corrected chi connectivity index (χ1v) is 12.7. The lowest BCUT2D eigenvalue weighted by molar-refractivity contribution is -0.116. The van der Waals surface area contributed by atoms with E-state index in [0.717, 1.165) is 32.1 Å². The Hall–Kier alpha value is -3.48. The minimum absolute atomic E-state index is 0.0406. The summed E-state index contributed by atoms with van der Waals surface area (Å²) in [5.74, 6) is -0.472. The van der Waals surface area contributed by atoms with Gasteiger partial charge in [0.05, 0.1) is 11.2 Å². The van der Waals surface area contributed by atoms with E-state index in [0.29, 0.717) is 10.9 Å². The van der Waals surface area contributed by atoms with Gasteiger partial charge in [-0.05, 0) is 37.1 Å². The first kappa shape index (κ1) is 23.7. The van der Waals surface area contributed by atoms with E-state index in [1.165, 1.54) is 21.1 Å². The summed E-state index contributed by atoms with van der Waals surface area (Å²) in [6.07, 6.45) is 6.12. The predicted molar refractivity (Wildman–Crippen MR) is 130 cm³/mol. The normalized spacial score (nSPS) is 14.7. The maximum atomic E-state index is 13.4. The quantitative estimate of drug-likeness (QED) is 0.583. The second-order valence-electron chi connectivity index (χ2n) is 8.49. The first-order chi connectivity index (χ1) is 16.3. The molecule has 1 aliphatic rings. The van der Waals surface area contributed by atoms with Crippen LogP contribution in [0.2, 0.25) is 0 Å². The third-order valence-corrected chi connectivity index (χ3v) is 8.30. The van der Waals surface area contributed by atoms with Gasteiger partial charge in [0.1, 0.15) is 23.1 Å². The molecule has 176 valence electrons. The number of carbonyl (C=O) groups is 1. The highest BCUT2D eigenvalue weighted by atomic mass is 32.2. The molecule has 1 saturated carbocycles. The molecule has 2 aromatic carbocycles. The number of aromatic nitrogens is 1. The fourth-order valence-electron chi connectivity index (χ4n) is 4.49. The summed E-state index contributed by atoms with van der Waals surface area (Å²) in [4.78, 5) is 25.4. The minimum atomic E-state index is -3.81. The molecule has 9 heteroatoms. The molecule has 0 radical (unpaired) electrons. The fourth-order valence-corrected chi connectivity index (χ4v) is 6.05. The van der Waals surface area contributed by atoms with Crippen LogP contribution in [-0.2, 0) is 21.4 Å². The Morgan fingerprint density at radius 2 is 1.79 bits per heavy atom. The van der Waals surface area contributed by atoms with Crippen LogP contribution in [0.15, 0.2) is 64.4 Å². The van der Waals surface area contributed by atoms with E-state index in [2.05, 4.69) is 5.32 Å². The molecule has 0 bridgehead atoms. The van der Waals surface area contributed by atoms with Crippen LogP contribution in [-0.4, -0.2) is 36.3 Å². The summed E-state index contributed by atoms with van der Waals surface area (Å²) in [6, 6.07) is 14.9. The number of rotatable bonds is 6. The molecule has 1 heterocycles. The van der Waals surface area contributed by atoms with Crippen LogP contribution in [0, 0.1) is 11.3 Å². The van der Waals surface area contributed by atoms with Gasteiger partial charge in [0, 0.05) is 24.7 Å². The molecule has 1 aromatic heterocycles. The van der Waals surface area contributed by atoms with Crippen LogP contribution in [0.1, 0.15) is 37.7 Å². The Bertz CT molecular complexity index is 1430. The maximum Gasteiger partial charge on any atom is 0.245 e. The van der Waals surface area contributed by atoms with Gasteiger partial charge in [-0.1, -0.05) is 43.5 Å². The third kappa shape index (κ3) is 4.60. The molecule has 1 amide bonds. The second-order valence-corrected chi connectivity index (χ2v) is 10.5. The van der Waals surface area contributed by atoms with E-state index in [9.17, 15) is 23.3 Å². The molecule has 0 unspecified atom stereocenters. The minimum Gasteiger partial charge on any atom is -0.336 e. The Morgan fingerprint density at radius 1 is 1.12 bits per heavy atom. The summed E-state index contributed by atoms with van der Waals surface area (Å²) in [5.41, 5.74) is 0.251. The summed E-state index contributed by atoms with van der Waals surface area (Å²) >= 11 is 0. The highest BCUT2D eigenvalue weighted by Gasteiger charge is 2.31. The zero-order valence-corrected chi connectivity index (χ0v) is 19.7. The molecule has 0 saturated heterocycles. The lowest BCUT2D eigenvalue weighted by Gasteiger charge is -2.30. The largest absolute Gasteiger partial charge is 0.336 e.